The first kappa shape index (κ1) is 12.5. The monoisotopic (exact) mass is 206 g/mol. The van der Waals surface area contributed by atoms with E-state index in [0.29, 0.717) is 18.1 Å². The van der Waals surface area contributed by atoms with Gasteiger partial charge in [-0.3, -0.25) is 0 Å². The zero-order chi connectivity index (χ0) is 10.3. The molecule has 13 heavy (non-hydrogen) atoms. The molecule has 0 aromatic heterocycles. The maximum absolute atomic E-state index is 11.0. The summed E-state index contributed by atoms with van der Waals surface area (Å²) in [6, 6.07) is 0. The molecule has 1 unspecified atom stereocenters. The van der Waals surface area contributed by atoms with Crippen molar-refractivity contribution in [3.63, 3.8) is 0 Å². The summed E-state index contributed by atoms with van der Waals surface area (Å²) in [6.45, 7) is 7.20. The quantitative estimate of drug-likeness (QED) is 0.220. The molecule has 1 atom stereocenters. The Morgan fingerprint density at radius 2 is 2.23 bits per heavy atom. The molecule has 0 fully saturated rings. The SMILES string of the molecule is C=C(C)C(=O)OC(C)OCCCCl. The summed E-state index contributed by atoms with van der Waals surface area (Å²) in [5.41, 5.74) is 0.368. The summed E-state index contributed by atoms with van der Waals surface area (Å²) in [4.78, 5) is 11.0. The van der Waals surface area contributed by atoms with Crippen molar-refractivity contribution >= 4 is 17.6 Å². The third-order valence-electron chi connectivity index (χ3n) is 1.25. The van der Waals surface area contributed by atoms with Crippen molar-refractivity contribution in [1.29, 1.82) is 0 Å². The average Bonchev–Trinajstić information content (AvgIpc) is 2.04. The summed E-state index contributed by atoms with van der Waals surface area (Å²) in [6.07, 6.45) is 0.212. The van der Waals surface area contributed by atoms with Crippen LogP contribution in [0.5, 0.6) is 0 Å². The van der Waals surface area contributed by atoms with Gasteiger partial charge in [0.15, 0.2) is 6.29 Å². The fourth-order valence-corrected chi connectivity index (χ4v) is 0.698. The number of alkyl halides is 1. The minimum atomic E-state index is -0.535. The van der Waals surface area contributed by atoms with Gasteiger partial charge in [0.1, 0.15) is 0 Å². The summed E-state index contributed by atoms with van der Waals surface area (Å²) in [5, 5.41) is 0. The molecule has 0 bridgehead atoms. The first-order valence-corrected chi connectivity index (χ1v) is 4.65. The second kappa shape index (κ2) is 6.92. The Bertz CT molecular complexity index is 180. The van der Waals surface area contributed by atoms with E-state index in [4.69, 9.17) is 21.1 Å². The minimum absolute atomic E-state index is 0.368. The Kier molecular flexibility index (Phi) is 6.63. The maximum atomic E-state index is 11.0. The Morgan fingerprint density at radius 3 is 2.69 bits per heavy atom. The second-order valence-corrected chi connectivity index (χ2v) is 3.04. The van der Waals surface area contributed by atoms with Crippen LogP contribution in [0.4, 0.5) is 0 Å². The zero-order valence-electron chi connectivity index (χ0n) is 8.01. The van der Waals surface area contributed by atoms with Crippen molar-refractivity contribution < 1.29 is 14.3 Å². The molecule has 0 N–H and O–H groups in total. The fraction of sp³-hybridized carbons (Fsp3) is 0.667. The highest BCUT2D eigenvalue weighted by molar-refractivity contribution is 6.17. The molecule has 0 radical (unpaired) electrons. The predicted molar refractivity (Wildman–Crippen MR) is 51.7 cm³/mol. The number of hydrogen-bond donors (Lipinski definition) is 0. The molecule has 0 aliphatic carbocycles. The molecule has 76 valence electrons. The van der Waals surface area contributed by atoms with Crippen molar-refractivity contribution in [2.75, 3.05) is 12.5 Å². The lowest BCUT2D eigenvalue weighted by Crippen LogP contribution is -2.19. The number of esters is 1. The van der Waals surface area contributed by atoms with Crippen LogP contribution in [0.15, 0.2) is 12.2 Å². The smallest absolute Gasteiger partial charge is 0.335 e. The average molecular weight is 207 g/mol. The highest BCUT2D eigenvalue weighted by atomic mass is 35.5. The van der Waals surface area contributed by atoms with Crippen molar-refractivity contribution in [3.05, 3.63) is 12.2 Å². The van der Waals surface area contributed by atoms with Crippen LogP contribution >= 0.6 is 11.6 Å². The van der Waals surface area contributed by atoms with Crippen LogP contribution < -0.4 is 0 Å². The molecular formula is C9H15ClO3. The molecule has 0 heterocycles. The van der Waals surface area contributed by atoms with E-state index in [1.165, 1.54) is 0 Å². The minimum Gasteiger partial charge on any atom is -0.433 e. The fourth-order valence-electron chi connectivity index (χ4n) is 0.589. The molecular weight excluding hydrogens is 192 g/mol. The van der Waals surface area contributed by atoms with Crippen molar-refractivity contribution in [2.24, 2.45) is 0 Å². The standard InChI is InChI=1S/C9H15ClO3/c1-7(2)9(11)13-8(3)12-6-4-5-10/h8H,1,4-6H2,2-3H3. The van der Waals surface area contributed by atoms with E-state index in [1.54, 1.807) is 13.8 Å². The summed E-state index contributed by atoms with van der Waals surface area (Å²) < 4.78 is 9.99. The van der Waals surface area contributed by atoms with Crippen LogP contribution in [-0.4, -0.2) is 24.7 Å². The Labute approximate surface area is 83.7 Å². The van der Waals surface area contributed by atoms with E-state index in [0.717, 1.165) is 6.42 Å². The Morgan fingerprint density at radius 1 is 1.62 bits per heavy atom. The Hall–Kier alpha value is -0.540. The molecule has 0 aliphatic heterocycles. The maximum Gasteiger partial charge on any atom is 0.335 e. The van der Waals surface area contributed by atoms with Crippen LogP contribution in [0.3, 0.4) is 0 Å². The van der Waals surface area contributed by atoms with Gasteiger partial charge in [0.25, 0.3) is 0 Å². The van der Waals surface area contributed by atoms with Gasteiger partial charge in [0, 0.05) is 11.5 Å². The van der Waals surface area contributed by atoms with Crippen LogP contribution in [0.25, 0.3) is 0 Å². The largest absolute Gasteiger partial charge is 0.433 e. The number of rotatable bonds is 6. The van der Waals surface area contributed by atoms with Crippen LogP contribution in [-0.2, 0) is 14.3 Å². The molecule has 4 heteroatoms. The highest BCUT2D eigenvalue weighted by Crippen LogP contribution is 2.00. The van der Waals surface area contributed by atoms with E-state index >= 15 is 0 Å². The van der Waals surface area contributed by atoms with Crippen molar-refractivity contribution in [2.45, 2.75) is 26.6 Å². The second-order valence-electron chi connectivity index (χ2n) is 2.67. The molecule has 0 amide bonds. The predicted octanol–water partition coefficient (Wildman–Crippen LogP) is 2.10. The normalized spacial score (nSPS) is 12.2. The van der Waals surface area contributed by atoms with Crippen LogP contribution in [0.1, 0.15) is 20.3 Å². The van der Waals surface area contributed by atoms with E-state index in [2.05, 4.69) is 6.58 Å². The van der Waals surface area contributed by atoms with Crippen molar-refractivity contribution in [1.82, 2.24) is 0 Å². The van der Waals surface area contributed by atoms with Crippen LogP contribution in [0, 0.1) is 0 Å². The molecule has 0 saturated heterocycles. The molecule has 0 aromatic carbocycles. The number of carbonyl (C=O) groups excluding carboxylic acids is 1. The highest BCUT2D eigenvalue weighted by Gasteiger charge is 2.09. The van der Waals surface area contributed by atoms with E-state index < -0.39 is 12.3 Å². The summed E-state index contributed by atoms with van der Waals surface area (Å²) in [7, 11) is 0. The van der Waals surface area contributed by atoms with Gasteiger partial charge in [-0.05, 0) is 20.3 Å². The van der Waals surface area contributed by atoms with E-state index in [1.807, 2.05) is 0 Å². The first-order chi connectivity index (χ1) is 6.07. The van der Waals surface area contributed by atoms with Gasteiger partial charge in [0.2, 0.25) is 0 Å². The molecule has 0 saturated carbocycles. The third-order valence-corrected chi connectivity index (χ3v) is 1.52. The number of carbonyl (C=O) groups is 1. The van der Waals surface area contributed by atoms with Gasteiger partial charge in [-0.1, -0.05) is 6.58 Å². The third kappa shape index (κ3) is 6.61. The summed E-state index contributed by atoms with van der Waals surface area (Å²) in [5.74, 6) is 0.111. The molecule has 0 rings (SSSR count). The Balaban J connectivity index is 3.55. The van der Waals surface area contributed by atoms with Gasteiger partial charge in [-0.25, -0.2) is 4.79 Å². The van der Waals surface area contributed by atoms with E-state index in [-0.39, 0.29) is 0 Å². The number of hydrogen-bond acceptors (Lipinski definition) is 3. The lowest BCUT2D eigenvalue weighted by molar-refractivity contribution is -0.169. The lowest BCUT2D eigenvalue weighted by Gasteiger charge is -2.13. The van der Waals surface area contributed by atoms with Gasteiger partial charge in [0.05, 0.1) is 6.61 Å². The number of ether oxygens (including phenoxy) is 2. The molecule has 0 aliphatic rings. The lowest BCUT2D eigenvalue weighted by atomic mass is 10.4. The van der Waals surface area contributed by atoms with Gasteiger partial charge in [-0.15, -0.1) is 11.6 Å². The van der Waals surface area contributed by atoms with E-state index in [9.17, 15) is 4.79 Å². The molecule has 0 aromatic rings. The topological polar surface area (TPSA) is 35.5 Å². The van der Waals surface area contributed by atoms with Gasteiger partial charge in [-0.2, -0.15) is 0 Å². The zero-order valence-corrected chi connectivity index (χ0v) is 8.76. The number of halogens is 1. The van der Waals surface area contributed by atoms with Crippen molar-refractivity contribution in [3.8, 4) is 0 Å². The first-order valence-electron chi connectivity index (χ1n) is 4.12. The van der Waals surface area contributed by atoms with Crippen LogP contribution in [0.2, 0.25) is 0 Å². The van der Waals surface area contributed by atoms with Gasteiger partial charge < -0.3 is 9.47 Å². The summed E-state index contributed by atoms with van der Waals surface area (Å²) >= 11 is 5.44. The molecule has 3 nitrogen and oxygen atoms in total. The van der Waals surface area contributed by atoms with Gasteiger partial charge >= 0.3 is 5.97 Å². The molecule has 0 spiro atoms.